The highest BCUT2D eigenvalue weighted by Gasteiger charge is 2.17. The topological polar surface area (TPSA) is 12.0 Å². The molecule has 0 aliphatic rings. The van der Waals surface area contributed by atoms with Crippen LogP contribution in [0.2, 0.25) is 0 Å². The van der Waals surface area contributed by atoms with Crippen LogP contribution < -0.4 is 5.32 Å². The fourth-order valence-corrected chi connectivity index (χ4v) is 4.30. The van der Waals surface area contributed by atoms with E-state index in [1.807, 2.05) is 11.3 Å². The second-order valence-electron chi connectivity index (χ2n) is 4.81. The zero-order valence-electron chi connectivity index (χ0n) is 11.7. The molecule has 0 radical (unpaired) electrons. The highest BCUT2D eigenvalue weighted by atomic mass is 79.9. The molecule has 1 aromatic heterocycles. The molecule has 0 bridgehead atoms. The lowest BCUT2D eigenvalue weighted by Crippen LogP contribution is -2.22. The molecule has 1 nitrogen and oxygen atoms in total. The van der Waals surface area contributed by atoms with Gasteiger partial charge in [-0.1, -0.05) is 31.2 Å². The Morgan fingerprint density at radius 1 is 1.26 bits per heavy atom. The summed E-state index contributed by atoms with van der Waals surface area (Å²) in [5.74, 6) is 0. The molecule has 102 valence electrons. The molecule has 0 fully saturated rings. The van der Waals surface area contributed by atoms with Crippen LogP contribution in [0.4, 0.5) is 0 Å². The van der Waals surface area contributed by atoms with Gasteiger partial charge in [-0.3, -0.25) is 0 Å². The highest BCUT2D eigenvalue weighted by molar-refractivity contribution is 9.10. The Morgan fingerprint density at radius 2 is 2.00 bits per heavy atom. The fourth-order valence-electron chi connectivity index (χ4n) is 2.30. The van der Waals surface area contributed by atoms with Crippen molar-refractivity contribution in [1.82, 2.24) is 5.32 Å². The Morgan fingerprint density at radius 3 is 2.58 bits per heavy atom. The summed E-state index contributed by atoms with van der Waals surface area (Å²) in [6, 6.07) is 11.2. The Kier molecular flexibility index (Phi) is 5.20. The van der Waals surface area contributed by atoms with Gasteiger partial charge in [-0.15, -0.1) is 11.3 Å². The third kappa shape index (κ3) is 3.68. The maximum atomic E-state index is 3.69. The molecule has 1 N–H and O–H groups in total. The van der Waals surface area contributed by atoms with Crippen LogP contribution >= 0.6 is 27.3 Å². The van der Waals surface area contributed by atoms with Gasteiger partial charge in [-0.05, 0) is 59.9 Å². The molecule has 1 unspecified atom stereocenters. The summed E-state index contributed by atoms with van der Waals surface area (Å²) in [4.78, 5) is 2.76. The smallest absolute Gasteiger partial charge is 0.0467 e. The predicted molar refractivity (Wildman–Crippen MR) is 88.1 cm³/mol. The van der Waals surface area contributed by atoms with Gasteiger partial charge in [0.05, 0.1) is 0 Å². The van der Waals surface area contributed by atoms with E-state index >= 15 is 0 Å². The van der Waals surface area contributed by atoms with E-state index in [1.165, 1.54) is 25.4 Å². The first-order valence-electron chi connectivity index (χ1n) is 6.65. The maximum Gasteiger partial charge on any atom is 0.0467 e. The van der Waals surface area contributed by atoms with Crippen molar-refractivity contribution in [3.8, 4) is 0 Å². The van der Waals surface area contributed by atoms with Gasteiger partial charge in [0.1, 0.15) is 0 Å². The number of halogens is 1. The van der Waals surface area contributed by atoms with Crippen molar-refractivity contribution in [2.45, 2.75) is 33.2 Å². The van der Waals surface area contributed by atoms with E-state index in [0.717, 1.165) is 13.0 Å². The molecule has 0 saturated carbocycles. The van der Waals surface area contributed by atoms with Crippen LogP contribution in [0.5, 0.6) is 0 Å². The van der Waals surface area contributed by atoms with E-state index < -0.39 is 0 Å². The average molecular weight is 338 g/mol. The molecule has 3 heteroatoms. The van der Waals surface area contributed by atoms with Crippen LogP contribution in [0.3, 0.4) is 0 Å². The van der Waals surface area contributed by atoms with Gasteiger partial charge < -0.3 is 5.32 Å². The predicted octanol–water partition coefficient (Wildman–Crippen LogP) is 5.02. The molecule has 0 spiro atoms. The number of nitrogens with one attached hydrogen (secondary N) is 1. The van der Waals surface area contributed by atoms with Crippen molar-refractivity contribution in [3.63, 3.8) is 0 Å². The number of aryl methyl sites for hydroxylation is 2. The fraction of sp³-hybridized carbons (Fsp3) is 0.375. The number of hydrogen-bond donors (Lipinski definition) is 1. The maximum absolute atomic E-state index is 3.69. The normalized spacial score (nSPS) is 12.6. The van der Waals surface area contributed by atoms with Crippen molar-refractivity contribution in [2.24, 2.45) is 0 Å². The summed E-state index contributed by atoms with van der Waals surface area (Å²) >= 11 is 5.57. The van der Waals surface area contributed by atoms with Crippen LogP contribution in [0.1, 0.15) is 33.8 Å². The minimum atomic E-state index is 0.388. The lowest BCUT2D eigenvalue weighted by Gasteiger charge is -2.18. The van der Waals surface area contributed by atoms with Crippen molar-refractivity contribution in [1.29, 1.82) is 0 Å². The molecule has 2 aromatic rings. The lowest BCUT2D eigenvalue weighted by atomic mass is 10.0. The van der Waals surface area contributed by atoms with Crippen LogP contribution in [0.25, 0.3) is 0 Å². The largest absolute Gasteiger partial charge is 0.309 e. The van der Waals surface area contributed by atoms with Gasteiger partial charge in [-0.2, -0.15) is 0 Å². The summed E-state index contributed by atoms with van der Waals surface area (Å²) in [5, 5.41) is 3.61. The van der Waals surface area contributed by atoms with E-state index in [0.29, 0.717) is 6.04 Å². The number of rotatable bonds is 5. The summed E-state index contributed by atoms with van der Waals surface area (Å²) in [6.07, 6.45) is 1.04. The lowest BCUT2D eigenvalue weighted by molar-refractivity contribution is 0.555. The van der Waals surface area contributed by atoms with E-state index in [1.54, 1.807) is 0 Å². The number of benzene rings is 1. The van der Waals surface area contributed by atoms with Gasteiger partial charge >= 0.3 is 0 Å². The first-order valence-corrected chi connectivity index (χ1v) is 8.26. The van der Waals surface area contributed by atoms with Crippen LogP contribution in [0, 0.1) is 13.8 Å². The van der Waals surface area contributed by atoms with E-state index in [2.05, 4.69) is 72.3 Å². The van der Waals surface area contributed by atoms with Crippen LogP contribution in [-0.4, -0.2) is 6.54 Å². The molecular weight excluding hydrogens is 318 g/mol. The Hall–Kier alpha value is -0.640. The van der Waals surface area contributed by atoms with Crippen LogP contribution in [0.15, 0.2) is 34.8 Å². The highest BCUT2D eigenvalue weighted by Crippen LogP contribution is 2.34. The third-order valence-electron chi connectivity index (χ3n) is 3.29. The van der Waals surface area contributed by atoms with Gasteiger partial charge in [0.25, 0.3) is 0 Å². The molecule has 0 saturated heterocycles. The molecule has 19 heavy (non-hydrogen) atoms. The molecule has 1 atom stereocenters. The van der Waals surface area contributed by atoms with Crippen molar-refractivity contribution < 1.29 is 0 Å². The van der Waals surface area contributed by atoms with Gasteiger partial charge in [0.2, 0.25) is 0 Å². The van der Waals surface area contributed by atoms with Gasteiger partial charge in [0, 0.05) is 20.3 Å². The summed E-state index contributed by atoms with van der Waals surface area (Å²) in [5.41, 5.74) is 2.79. The van der Waals surface area contributed by atoms with Crippen molar-refractivity contribution in [2.75, 3.05) is 6.54 Å². The first kappa shape index (κ1) is 14.8. The monoisotopic (exact) mass is 337 g/mol. The van der Waals surface area contributed by atoms with Gasteiger partial charge in [0.15, 0.2) is 0 Å². The summed E-state index contributed by atoms with van der Waals surface area (Å²) < 4.78 is 1.23. The molecule has 2 rings (SSSR count). The second kappa shape index (κ2) is 6.69. The standard InChI is InChI=1S/C16H20BrNS/c1-4-18-15(16-14(17)9-12(3)19-16)10-13-8-6-5-7-11(13)2/h5-9,15,18H,4,10H2,1-3H3. The molecule has 1 heterocycles. The third-order valence-corrected chi connectivity index (χ3v) is 5.37. The van der Waals surface area contributed by atoms with E-state index in [-0.39, 0.29) is 0 Å². The number of thiophene rings is 1. The molecule has 0 aliphatic carbocycles. The number of likely N-dealkylation sites (N-methyl/N-ethyl adjacent to an activating group) is 1. The Bertz CT molecular complexity index is 547. The second-order valence-corrected chi connectivity index (χ2v) is 6.95. The molecule has 0 aliphatic heterocycles. The van der Waals surface area contributed by atoms with Crippen LogP contribution in [-0.2, 0) is 6.42 Å². The number of hydrogen-bond acceptors (Lipinski definition) is 2. The quantitative estimate of drug-likeness (QED) is 0.807. The van der Waals surface area contributed by atoms with Gasteiger partial charge in [-0.25, -0.2) is 0 Å². The molecular formula is C16H20BrNS. The minimum Gasteiger partial charge on any atom is -0.309 e. The minimum absolute atomic E-state index is 0.388. The molecule has 0 amide bonds. The Labute approximate surface area is 128 Å². The Balaban J connectivity index is 2.26. The zero-order chi connectivity index (χ0) is 13.8. The van der Waals surface area contributed by atoms with Crippen molar-refractivity contribution >= 4 is 27.3 Å². The summed E-state index contributed by atoms with van der Waals surface area (Å²) in [6.45, 7) is 7.50. The van der Waals surface area contributed by atoms with E-state index in [4.69, 9.17) is 0 Å². The zero-order valence-corrected chi connectivity index (χ0v) is 14.1. The SMILES string of the molecule is CCNC(Cc1ccccc1C)c1sc(C)cc1Br. The molecule has 1 aromatic carbocycles. The average Bonchev–Trinajstić information content (AvgIpc) is 2.70. The van der Waals surface area contributed by atoms with E-state index in [9.17, 15) is 0 Å². The van der Waals surface area contributed by atoms with Crippen molar-refractivity contribution in [3.05, 3.63) is 55.7 Å². The summed E-state index contributed by atoms with van der Waals surface area (Å²) in [7, 11) is 0. The first-order chi connectivity index (χ1) is 9.11.